The SMILES string of the molecule is C=N/C(=C\C=C/CCOc1nc(N)nc(-c2ccc(F)cc2)c1-c1cc(C)nc(C(F)F)c1)CNCC=O.CNC. The van der Waals surface area contributed by atoms with Crippen LogP contribution >= 0.6 is 0 Å². The zero-order valence-corrected chi connectivity index (χ0v) is 23.2. The third-order valence-electron chi connectivity index (χ3n) is 5.18. The molecule has 0 bridgehead atoms. The molecule has 12 heteroatoms. The van der Waals surface area contributed by atoms with Crippen LogP contribution in [0.25, 0.3) is 22.4 Å². The van der Waals surface area contributed by atoms with Crippen LogP contribution in [0.4, 0.5) is 19.1 Å². The third kappa shape index (κ3) is 10.6. The second-order valence-corrected chi connectivity index (χ2v) is 8.52. The number of aromatic nitrogens is 3. The monoisotopic (exact) mass is 569 g/mol. The molecule has 0 aliphatic carbocycles. The van der Waals surface area contributed by atoms with Crippen molar-refractivity contribution in [3.05, 3.63) is 77.5 Å². The highest BCUT2D eigenvalue weighted by molar-refractivity contribution is 5.85. The van der Waals surface area contributed by atoms with E-state index in [0.29, 0.717) is 46.7 Å². The van der Waals surface area contributed by atoms with Crippen molar-refractivity contribution in [2.75, 3.05) is 39.5 Å². The molecule has 0 saturated heterocycles. The first kappa shape index (κ1) is 32.8. The number of hydrogen-bond donors (Lipinski definition) is 3. The van der Waals surface area contributed by atoms with Crippen LogP contribution in [0, 0.1) is 12.7 Å². The Morgan fingerprint density at radius 3 is 2.49 bits per heavy atom. The molecule has 0 aliphatic rings. The number of halogens is 3. The van der Waals surface area contributed by atoms with E-state index >= 15 is 0 Å². The Bertz CT molecular complexity index is 1350. The Hall–Kier alpha value is -4.42. The number of carbonyl (C=O) groups excluding carboxylic acids is 1. The summed E-state index contributed by atoms with van der Waals surface area (Å²) in [5.41, 5.74) is 8.09. The van der Waals surface area contributed by atoms with E-state index in [9.17, 15) is 18.0 Å². The first-order chi connectivity index (χ1) is 19.7. The normalized spacial score (nSPS) is 11.3. The van der Waals surface area contributed by atoms with Gasteiger partial charge >= 0.3 is 0 Å². The largest absolute Gasteiger partial charge is 0.477 e. The van der Waals surface area contributed by atoms with Crippen molar-refractivity contribution in [1.82, 2.24) is 25.6 Å². The molecule has 0 amide bonds. The Balaban J connectivity index is 0.00000187. The van der Waals surface area contributed by atoms with Gasteiger partial charge in [0, 0.05) is 17.8 Å². The molecule has 1 aromatic carbocycles. The first-order valence-electron chi connectivity index (χ1n) is 12.6. The molecule has 0 radical (unpaired) electrons. The standard InChI is InChI=1S/C27H27F3N6O2.C2H7N/c1-17-14-19(15-22(34-17)25(29)30)23-24(18-7-9-20(28)10-8-18)35-27(31)36-26(23)38-13-5-3-4-6-21(32-2)16-33-11-12-37;1-3-2/h3-4,6-10,12,14-15,25,33H,2,5,11,13,16H2,1H3,(H2,31,35,36);3H,1-2H3/b4-3-,21-6-;. The number of nitrogens with two attached hydrogens (primary N) is 1. The zero-order chi connectivity index (χ0) is 30.2. The van der Waals surface area contributed by atoms with Gasteiger partial charge in [-0.05, 0) is 82.2 Å². The Kier molecular flexibility index (Phi) is 13.8. The molecule has 218 valence electrons. The third-order valence-corrected chi connectivity index (χ3v) is 5.18. The quantitative estimate of drug-likeness (QED) is 0.117. The summed E-state index contributed by atoms with van der Waals surface area (Å²) in [6.45, 7) is 5.89. The molecule has 2 aromatic heterocycles. The molecule has 0 atom stereocenters. The summed E-state index contributed by atoms with van der Waals surface area (Å²) in [6, 6.07) is 8.42. The summed E-state index contributed by atoms with van der Waals surface area (Å²) in [6.07, 6.45) is 3.79. The van der Waals surface area contributed by atoms with Crippen molar-refractivity contribution >= 4 is 19.0 Å². The predicted molar refractivity (Wildman–Crippen MR) is 156 cm³/mol. The number of aliphatic imine (C=N–C) groups is 1. The van der Waals surface area contributed by atoms with E-state index in [1.54, 1.807) is 25.1 Å². The Labute approximate surface area is 237 Å². The number of pyridine rings is 1. The second kappa shape index (κ2) is 17.3. The fourth-order valence-corrected chi connectivity index (χ4v) is 3.51. The maximum absolute atomic E-state index is 13.6. The number of nitrogens with one attached hydrogen (secondary N) is 2. The number of rotatable bonds is 13. The highest BCUT2D eigenvalue weighted by Crippen LogP contribution is 2.39. The topological polar surface area (TPSA) is 127 Å². The molecule has 2 heterocycles. The van der Waals surface area contributed by atoms with Crippen LogP contribution in [-0.4, -0.2) is 61.7 Å². The van der Waals surface area contributed by atoms with E-state index in [1.807, 2.05) is 20.2 Å². The number of hydrogen-bond acceptors (Lipinski definition) is 9. The van der Waals surface area contributed by atoms with Gasteiger partial charge in [-0.1, -0.05) is 12.2 Å². The highest BCUT2D eigenvalue weighted by Gasteiger charge is 2.21. The minimum Gasteiger partial charge on any atom is -0.477 e. The van der Waals surface area contributed by atoms with Crippen LogP contribution in [-0.2, 0) is 4.79 Å². The van der Waals surface area contributed by atoms with Gasteiger partial charge in [0.15, 0.2) is 0 Å². The number of nitrogen functional groups attached to an aromatic ring is 1. The molecule has 0 saturated carbocycles. The van der Waals surface area contributed by atoms with E-state index in [2.05, 4.69) is 37.3 Å². The maximum Gasteiger partial charge on any atom is 0.280 e. The van der Waals surface area contributed by atoms with Gasteiger partial charge in [-0.2, -0.15) is 4.98 Å². The lowest BCUT2D eigenvalue weighted by Gasteiger charge is -2.16. The van der Waals surface area contributed by atoms with E-state index in [0.717, 1.165) is 6.29 Å². The molecule has 41 heavy (non-hydrogen) atoms. The second-order valence-electron chi connectivity index (χ2n) is 8.52. The van der Waals surface area contributed by atoms with Crippen molar-refractivity contribution in [3.63, 3.8) is 0 Å². The number of carbonyl (C=O) groups is 1. The fourth-order valence-electron chi connectivity index (χ4n) is 3.51. The number of allylic oxidation sites excluding steroid dienone is 2. The number of aryl methyl sites for hydroxylation is 1. The Morgan fingerprint density at radius 1 is 1.15 bits per heavy atom. The average molecular weight is 570 g/mol. The molecule has 4 N–H and O–H groups in total. The lowest BCUT2D eigenvalue weighted by atomic mass is 9.99. The van der Waals surface area contributed by atoms with Gasteiger partial charge in [0.25, 0.3) is 6.43 Å². The highest BCUT2D eigenvalue weighted by atomic mass is 19.3. The lowest BCUT2D eigenvalue weighted by molar-refractivity contribution is -0.107. The van der Waals surface area contributed by atoms with Crippen LogP contribution in [0.15, 0.2) is 65.3 Å². The molecule has 0 spiro atoms. The van der Waals surface area contributed by atoms with Crippen LogP contribution in [0.2, 0.25) is 0 Å². The number of anilines is 1. The summed E-state index contributed by atoms with van der Waals surface area (Å²) in [7, 11) is 3.75. The van der Waals surface area contributed by atoms with E-state index in [-0.39, 0.29) is 25.0 Å². The minimum absolute atomic E-state index is 0.0917. The van der Waals surface area contributed by atoms with Gasteiger partial charge in [-0.25, -0.2) is 18.2 Å². The van der Waals surface area contributed by atoms with Crippen LogP contribution in [0.3, 0.4) is 0 Å². The maximum atomic E-state index is 13.6. The summed E-state index contributed by atoms with van der Waals surface area (Å²) in [5, 5.41) is 5.65. The van der Waals surface area contributed by atoms with Gasteiger partial charge in [-0.15, -0.1) is 0 Å². The molecular weight excluding hydrogens is 535 g/mol. The van der Waals surface area contributed by atoms with Crippen molar-refractivity contribution in [3.8, 4) is 28.3 Å². The van der Waals surface area contributed by atoms with Crippen molar-refractivity contribution < 1.29 is 22.7 Å². The van der Waals surface area contributed by atoms with Crippen molar-refractivity contribution in [1.29, 1.82) is 0 Å². The van der Waals surface area contributed by atoms with Crippen LogP contribution in [0.1, 0.15) is 24.2 Å². The summed E-state index contributed by atoms with van der Waals surface area (Å²) in [5.74, 6) is -0.437. The predicted octanol–water partition coefficient (Wildman–Crippen LogP) is 4.71. The molecule has 9 nitrogen and oxygen atoms in total. The van der Waals surface area contributed by atoms with E-state index in [1.165, 1.54) is 30.3 Å². The number of nitrogens with zero attached hydrogens (tertiary/aromatic N) is 4. The van der Waals surface area contributed by atoms with Crippen molar-refractivity contribution in [2.24, 2.45) is 4.99 Å². The van der Waals surface area contributed by atoms with E-state index in [4.69, 9.17) is 10.5 Å². The van der Waals surface area contributed by atoms with Crippen LogP contribution in [0.5, 0.6) is 5.88 Å². The van der Waals surface area contributed by atoms with Gasteiger partial charge in [0.1, 0.15) is 17.8 Å². The lowest BCUT2D eigenvalue weighted by Crippen LogP contribution is -2.18. The Morgan fingerprint density at radius 2 is 1.85 bits per heavy atom. The smallest absolute Gasteiger partial charge is 0.280 e. The van der Waals surface area contributed by atoms with Crippen molar-refractivity contribution in [2.45, 2.75) is 19.8 Å². The van der Waals surface area contributed by atoms with Gasteiger partial charge in [-0.3, -0.25) is 9.98 Å². The summed E-state index contributed by atoms with van der Waals surface area (Å²) >= 11 is 0. The molecule has 0 fully saturated rings. The zero-order valence-electron chi connectivity index (χ0n) is 23.2. The number of alkyl halides is 2. The molecule has 0 unspecified atom stereocenters. The van der Waals surface area contributed by atoms with Gasteiger partial charge in [0.2, 0.25) is 11.8 Å². The van der Waals surface area contributed by atoms with E-state index < -0.39 is 17.9 Å². The molecule has 3 aromatic rings. The molecular formula is C29H34F3N7O2. The molecule has 0 aliphatic heterocycles. The number of aldehydes is 1. The summed E-state index contributed by atoms with van der Waals surface area (Å²) < 4.78 is 46.6. The van der Waals surface area contributed by atoms with Gasteiger partial charge < -0.3 is 25.9 Å². The summed E-state index contributed by atoms with van der Waals surface area (Å²) in [4.78, 5) is 26.8. The first-order valence-corrected chi connectivity index (χ1v) is 12.6. The minimum atomic E-state index is -2.79. The average Bonchev–Trinajstić information content (AvgIpc) is 2.94. The number of ether oxygens (including phenoxy) is 1. The van der Waals surface area contributed by atoms with Gasteiger partial charge in [0.05, 0.1) is 30.1 Å². The fraction of sp³-hybridized carbons (Fsp3) is 0.276. The molecule has 3 rings (SSSR count). The van der Waals surface area contributed by atoms with Crippen LogP contribution < -0.4 is 21.1 Å². The number of benzene rings is 1.